The van der Waals surface area contributed by atoms with Gasteiger partial charge in [-0.15, -0.1) is 0 Å². The molecule has 1 aromatic rings. The molecule has 3 heterocycles. The Morgan fingerprint density at radius 2 is 2.09 bits per heavy atom. The molecule has 0 atom stereocenters. The Bertz CT molecular complexity index is 837. The van der Waals surface area contributed by atoms with Gasteiger partial charge < -0.3 is 15.4 Å². The number of aliphatic imine (C=N–C) groups is 1. The molecular formula is C25H39N5O2. The lowest BCUT2D eigenvalue weighted by molar-refractivity contribution is -0.114. The van der Waals surface area contributed by atoms with Crippen molar-refractivity contribution in [3.8, 4) is 5.75 Å². The van der Waals surface area contributed by atoms with Crippen LogP contribution in [0.15, 0.2) is 52.9 Å². The number of nitrogens with zero attached hydrogens (tertiary/aromatic N) is 4. The Morgan fingerprint density at radius 3 is 2.75 bits per heavy atom. The van der Waals surface area contributed by atoms with Crippen LogP contribution in [0.1, 0.15) is 40.1 Å². The van der Waals surface area contributed by atoms with Crippen molar-refractivity contribution in [1.82, 2.24) is 14.9 Å². The maximum atomic E-state index is 11.4. The largest absolute Gasteiger partial charge is 0.493 e. The molecule has 176 valence electrons. The Morgan fingerprint density at radius 1 is 1.34 bits per heavy atom. The number of para-hydroxylation sites is 1. The Hall–Kier alpha value is -2.64. The van der Waals surface area contributed by atoms with Gasteiger partial charge in [-0.25, -0.2) is 10.0 Å². The highest BCUT2D eigenvalue weighted by Crippen LogP contribution is 2.23. The van der Waals surface area contributed by atoms with E-state index in [-0.39, 0.29) is 1.43 Å². The number of carbonyl (C=O) groups is 1. The third-order valence-electron chi connectivity index (χ3n) is 6.24. The van der Waals surface area contributed by atoms with Crippen LogP contribution in [0.4, 0.5) is 0 Å². The third kappa shape index (κ3) is 6.43. The van der Waals surface area contributed by atoms with Crippen molar-refractivity contribution in [2.24, 2.45) is 16.6 Å². The SMILES string of the molecule is C/C=C1/N=CC(C(N)=O)=CN1N(C)CC1CCN(CC)CC1.[HH].c1ccc2c(c1)CCCO2. The molecule has 0 radical (unpaired) electrons. The zero-order valence-corrected chi connectivity index (χ0v) is 19.7. The predicted molar refractivity (Wildman–Crippen MR) is 131 cm³/mol. The average Bonchev–Trinajstić information content (AvgIpc) is 2.84. The number of nitrogens with two attached hydrogens (primary N) is 1. The molecule has 0 unspecified atom stereocenters. The molecule has 2 N–H and O–H groups in total. The number of fused-ring (bicyclic) bond motifs is 1. The standard InChI is InChI=1S/C16H27N5O.C9H10O.H2/c1-4-15-18-10-14(16(17)22)12-21(15)19(3)11-13-6-8-20(5-2)9-7-13;1-2-6-9-8(4-1)5-3-7-10-9;/h4,10,12-13H,5-9,11H2,1-3H3,(H2,17,22);1-2,4,6H,3,5,7H2;1H/b15-4-;;. The molecule has 32 heavy (non-hydrogen) atoms. The van der Waals surface area contributed by atoms with Crippen LogP contribution in [0.2, 0.25) is 0 Å². The molecule has 7 nitrogen and oxygen atoms in total. The summed E-state index contributed by atoms with van der Waals surface area (Å²) in [6.45, 7) is 9.47. The second kappa shape index (κ2) is 11.8. The Labute approximate surface area is 193 Å². The summed E-state index contributed by atoms with van der Waals surface area (Å²) in [7, 11) is 2.03. The van der Waals surface area contributed by atoms with Crippen LogP contribution < -0.4 is 10.5 Å². The minimum Gasteiger partial charge on any atom is -0.493 e. The lowest BCUT2D eigenvalue weighted by atomic mass is 9.97. The first-order chi connectivity index (χ1) is 15.5. The summed E-state index contributed by atoms with van der Waals surface area (Å²) in [5.74, 6) is 2.11. The number of rotatable bonds is 5. The van der Waals surface area contributed by atoms with Crippen LogP contribution in [-0.2, 0) is 11.2 Å². The van der Waals surface area contributed by atoms with Gasteiger partial charge in [-0.2, -0.15) is 0 Å². The molecule has 3 aliphatic rings. The summed E-state index contributed by atoms with van der Waals surface area (Å²) in [6.07, 6.45) is 10.0. The zero-order valence-electron chi connectivity index (χ0n) is 19.7. The number of carbonyl (C=O) groups excluding carboxylic acids is 1. The van der Waals surface area contributed by atoms with Crippen molar-refractivity contribution >= 4 is 12.1 Å². The minimum absolute atomic E-state index is 0. The van der Waals surface area contributed by atoms with E-state index in [1.165, 1.54) is 44.1 Å². The number of aryl methyl sites for hydroxylation is 1. The molecule has 0 spiro atoms. The first kappa shape index (κ1) is 24.0. The number of hydrogen-bond donors (Lipinski definition) is 1. The molecule has 0 aromatic heterocycles. The summed E-state index contributed by atoms with van der Waals surface area (Å²) in [5, 5.41) is 4.05. The molecule has 1 amide bonds. The maximum absolute atomic E-state index is 11.4. The van der Waals surface area contributed by atoms with Gasteiger partial charge in [-0.05, 0) is 75.9 Å². The van der Waals surface area contributed by atoms with Crippen LogP contribution >= 0.6 is 0 Å². The van der Waals surface area contributed by atoms with E-state index in [2.05, 4.69) is 34.0 Å². The van der Waals surface area contributed by atoms with E-state index < -0.39 is 5.91 Å². The highest BCUT2D eigenvalue weighted by atomic mass is 16.5. The van der Waals surface area contributed by atoms with Gasteiger partial charge in [0.05, 0.1) is 12.2 Å². The normalized spacial score (nSPS) is 20.3. The molecule has 1 aromatic carbocycles. The lowest BCUT2D eigenvalue weighted by Gasteiger charge is -2.38. The Balaban J connectivity index is 0.000000291. The smallest absolute Gasteiger partial charge is 0.251 e. The number of amides is 1. The number of piperidine rings is 1. The van der Waals surface area contributed by atoms with Crippen molar-refractivity contribution in [3.63, 3.8) is 0 Å². The number of ether oxygens (including phenoxy) is 1. The molecule has 0 bridgehead atoms. The van der Waals surface area contributed by atoms with Crippen LogP contribution in [0.3, 0.4) is 0 Å². The van der Waals surface area contributed by atoms with Crippen molar-refractivity contribution in [3.05, 3.63) is 53.5 Å². The molecule has 0 saturated carbocycles. The summed E-state index contributed by atoms with van der Waals surface area (Å²) in [4.78, 5) is 18.2. The molecule has 1 saturated heterocycles. The molecule has 1 fully saturated rings. The number of allylic oxidation sites excluding steroid dienone is 1. The number of likely N-dealkylation sites (tertiary alicyclic amines) is 1. The topological polar surface area (TPSA) is 74.4 Å². The second-order valence-corrected chi connectivity index (χ2v) is 8.48. The van der Waals surface area contributed by atoms with Crippen molar-refractivity contribution in [2.45, 2.75) is 39.5 Å². The van der Waals surface area contributed by atoms with Crippen LogP contribution in [-0.4, -0.2) is 66.9 Å². The minimum atomic E-state index is -0.450. The molecular weight excluding hydrogens is 402 g/mol. The number of primary amides is 1. The van der Waals surface area contributed by atoms with Crippen LogP contribution in [0.25, 0.3) is 0 Å². The highest BCUT2D eigenvalue weighted by molar-refractivity contribution is 6.11. The van der Waals surface area contributed by atoms with Gasteiger partial charge in [0.25, 0.3) is 5.91 Å². The van der Waals surface area contributed by atoms with Gasteiger partial charge in [-0.3, -0.25) is 9.80 Å². The molecule has 3 aliphatic heterocycles. The van der Waals surface area contributed by atoms with E-state index in [1.54, 1.807) is 6.20 Å². The Kier molecular flexibility index (Phi) is 8.88. The molecule has 4 rings (SSSR count). The number of hydrogen-bond acceptors (Lipinski definition) is 6. The summed E-state index contributed by atoms with van der Waals surface area (Å²) in [5.41, 5.74) is 7.15. The van der Waals surface area contributed by atoms with Crippen molar-refractivity contribution in [1.29, 1.82) is 0 Å². The zero-order chi connectivity index (χ0) is 22.9. The van der Waals surface area contributed by atoms with E-state index in [0.717, 1.165) is 37.7 Å². The number of hydrazine groups is 1. The van der Waals surface area contributed by atoms with E-state index in [1.807, 2.05) is 37.2 Å². The van der Waals surface area contributed by atoms with Gasteiger partial charge in [0.2, 0.25) is 0 Å². The fourth-order valence-electron chi connectivity index (χ4n) is 4.28. The van der Waals surface area contributed by atoms with Gasteiger partial charge >= 0.3 is 0 Å². The third-order valence-corrected chi connectivity index (χ3v) is 6.24. The van der Waals surface area contributed by atoms with E-state index >= 15 is 0 Å². The predicted octanol–water partition coefficient (Wildman–Crippen LogP) is 3.44. The summed E-state index contributed by atoms with van der Waals surface area (Å²) in [6, 6.07) is 8.25. The fraction of sp³-hybridized carbons (Fsp3) is 0.520. The monoisotopic (exact) mass is 441 g/mol. The van der Waals surface area contributed by atoms with Gasteiger partial charge in [0, 0.05) is 27.4 Å². The van der Waals surface area contributed by atoms with E-state index in [9.17, 15) is 4.79 Å². The molecule has 0 aliphatic carbocycles. The summed E-state index contributed by atoms with van der Waals surface area (Å²) < 4.78 is 5.42. The second-order valence-electron chi connectivity index (χ2n) is 8.48. The first-order valence-corrected chi connectivity index (χ1v) is 11.7. The van der Waals surface area contributed by atoms with Gasteiger partial charge in [0.1, 0.15) is 11.6 Å². The van der Waals surface area contributed by atoms with Crippen molar-refractivity contribution < 1.29 is 11.0 Å². The quantitative estimate of drug-likeness (QED) is 0.758. The van der Waals surface area contributed by atoms with Crippen molar-refractivity contribution in [2.75, 3.05) is 39.8 Å². The van der Waals surface area contributed by atoms with E-state index in [4.69, 9.17) is 10.5 Å². The lowest BCUT2D eigenvalue weighted by Crippen LogP contribution is -2.43. The summed E-state index contributed by atoms with van der Waals surface area (Å²) >= 11 is 0. The first-order valence-electron chi connectivity index (χ1n) is 11.7. The van der Waals surface area contributed by atoms with E-state index in [0.29, 0.717) is 11.5 Å². The van der Waals surface area contributed by atoms with Crippen LogP contribution in [0.5, 0.6) is 5.75 Å². The van der Waals surface area contributed by atoms with Crippen LogP contribution in [0, 0.1) is 5.92 Å². The molecule has 7 heteroatoms. The van der Waals surface area contributed by atoms with Gasteiger partial charge in [0.15, 0.2) is 0 Å². The average molecular weight is 442 g/mol. The fourth-order valence-corrected chi connectivity index (χ4v) is 4.28. The highest BCUT2D eigenvalue weighted by Gasteiger charge is 2.23. The van der Waals surface area contributed by atoms with Gasteiger partial charge in [-0.1, -0.05) is 25.1 Å². The maximum Gasteiger partial charge on any atom is 0.251 e. The number of benzene rings is 1.